The Kier molecular flexibility index (Phi) is 4.47. The van der Waals surface area contributed by atoms with Crippen molar-refractivity contribution in [3.8, 4) is 0 Å². The summed E-state index contributed by atoms with van der Waals surface area (Å²) in [5, 5.41) is 3.10. The first-order valence-electron chi connectivity index (χ1n) is 8.40. The lowest BCUT2D eigenvalue weighted by Gasteiger charge is -2.30. The number of rotatable bonds is 3. The molecule has 0 aromatic heterocycles. The normalized spacial score (nSPS) is 19.8. The highest BCUT2D eigenvalue weighted by molar-refractivity contribution is 5.93. The summed E-state index contributed by atoms with van der Waals surface area (Å²) < 4.78 is 0. The zero-order valence-electron chi connectivity index (χ0n) is 13.0. The Balaban J connectivity index is 1.67. The smallest absolute Gasteiger partial charge is 0.227 e. The monoisotopic (exact) mass is 286 g/mol. The molecule has 1 aromatic rings. The number of amides is 1. The molecule has 2 aliphatic rings. The molecule has 3 heteroatoms. The SMILES string of the molecule is Cc1cc(NC(=O)C2CCCC2)ccc1N1CCCCC1. The first kappa shape index (κ1) is 14.4. The van der Waals surface area contributed by atoms with Crippen molar-refractivity contribution in [2.45, 2.75) is 51.9 Å². The van der Waals surface area contributed by atoms with Crippen molar-refractivity contribution in [3.63, 3.8) is 0 Å². The second-order valence-corrected chi connectivity index (χ2v) is 6.52. The summed E-state index contributed by atoms with van der Waals surface area (Å²) in [6.07, 6.45) is 8.44. The number of nitrogens with zero attached hydrogens (tertiary/aromatic N) is 1. The standard InChI is InChI=1S/C18H26N2O/c1-14-13-16(19-18(21)15-7-3-4-8-15)9-10-17(14)20-11-5-2-6-12-20/h9-10,13,15H,2-8,11-12H2,1H3,(H,19,21). The van der Waals surface area contributed by atoms with Crippen LogP contribution in [0.5, 0.6) is 0 Å². The van der Waals surface area contributed by atoms with Crippen molar-refractivity contribution in [1.82, 2.24) is 0 Å². The number of carbonyl (C=O) groups is 1. The molecule has 114 valence electrons. The zero-order valence-corrected chi connectivity index (χ0v) is 13.0. The van der Waals surface area contributed by atoms with Crippen LogP contribution in [0, 0.1) is 12.8 Å². The third-order valence-corrected chi connectivity index (χ3v) is 4.89. The van der Waals surface area contributed by atoms with Gasteiger partial charge in [-0.25, -0.2) is 0 Å². The molecular weight excluding hydrogens is 260 g/mol. The van der Waals surface area contributed by atoms with Gasteiger partial charge in [-0.1, -0.05) is 12.8 Å². The van der Waals surface area contributed by atoms with E-state index >= 15 is 0 Å². The number of hydrogen-bond donors (Lipinski definition) is 1. The van der Waals surface area contributed by atoms with Crippen LogP contribution in [0.1, 0.15) is 50.5 Å². The molecule has 1 aliphatic carbocycles. The average Bonchev–Trinajstić information content (AvgIpc) is 3.02. The van der Waals surface area contributed by atoms with Crippen LogP contribution in [-0.2, 0) is 4.79 Å². The second-order valence-electron chi connectivity index (χ2n) is 6.52. The van der Waals surface area contributed by atoms with Gasteiger partial charge in [-0.15, -0.1) is 0 Å². The summed E-state index contributed by atoms with van der Waals surface area (Å²) in [5.41, 5.74) is 3.54. The van der Waals surface area contributed by atoms with Gasteiger partial charge in [0.25, 0.3) is 0 Å². The number of benzene rings is 1. The lowest BCUT2D eigenvalue weighted by molar-refractivity contribution is -0.119. The molecule has 3 rings (SSSR count). The maximum atomic E-state index is 12.2. The minimum Gasteiger partial charge on any atom is -0.371 e. The second kappa shape index (κ2) is 6.50. The molecule has 0 atom stereocenters. The van der Waals surface area contributed by atoms with E-state index in [0.29, 0.717) is 0 Å². The highest BCUT2D eigenvalue weighted by Gasteiger charge is 2.22. The molecule has 1 aromatic carbocycles. The fourth-order valence-electron chi connectivity index (χ4n) is 3.66. The summed E-state index contributed by atoms with van der Waals surface area (Å²) >= 11 is 0. The summed E-state index contributed by atoms with van der Waals surface area (Å²) in [5.74, 6) is 0.435. The van der Waals surface area contributed by atoms with E-state index in [1.165, 1.54) is 43.4 Å². The van der Waals surface area contributed by atoms with E-state index in [4.69, 9.17) is 0 Å². The third kappa shape index (κ3) is 3.39. The van der Waals surface area contributed by atoms with Gasteiger partial charge in [0.05, 0.1) is 0 Å². The lowest BCUT2D eigenvalue weighted by Crippen LogP contribution is -2.30. The number of nitrogens with one attached hydrogen (secondary N) is 1. The van der Waals surface area contributed by atoms with Crippen LogP contribution < -0.4 is 10.2 Å². The molecule has 0 bridgehead atoms. The predicted molar refractivity (Wildman–Crippen MR) is 87.8 cm³/mol. The Hall–Kier alpha value is -1.51. The van der Waals surface area contributed by atoms with Crippen molar-refractivity contribution in [1.29, 1.82) is 0 Å². The highest BCUT2D eigenvalue weighted by atomic mass is 16.1. The molecule has 1 amide bonds. The summed E-state index contributed by atoms with van der Waals surface area (Å²) in [6, 6.07) is 6.35. The molecule has 2 fully saturated rings. The van der Waals surface area contributed by atoms with Gasteiger partial charge in [0.1, 0.15) is 0 Å². The van der Waals surface area contributed by atoms with Crippen LogP contribution in [0.2, 0.25) is 0 Å². The maximum absolute atomic E-state index is 12.2. The highest BCUT2D eigenvalue weighted by Crippen LogP contribution is 2.29. The largest absolute Gasteiger partial charge is 0.371 e. The van der Waals surface area contributed by atoms with Crippen LogP contribution in [0.4, 0.5) is 11.4 Å². The Morgan fingerprint density at radius 2 is 1.81 bits per heavy atom. The van der Waals surface area contributed by atoms with Crippen LogP contribution in [0.15, 0.2) is 18.2 Å². The number of aryl methyl sites for hydroxylation is 1. The fourth-order valence-corrected chi connectivity index (χ4v) is 3.66. The summed E-state index contributed by atoms with van der Waals surface area (Å²) in [7, 11) is 0. The Morgan fingerprint density at radius 1 is 1.10 bits per heavy atom. The first-order valence-corrected chi connectivity index (χ1v) is 8.40. The van der Waals surface area contributed by atoms with Crippen molar-refractivity contribution >= 4 is 17.3 Å². The molecule has 1 aliphatic heterocycles. The van der Waals surface area contributed by atoms with E-state index in [2.05, 4.69) is 35.3 Å². The van der Waals surface area contributed by atoms with Crippen molar-refractivity contribution in [2.24, 2.45) is 5.92 Å². The number of piperidine rings is 1. The van der Waals surface area contributed by atoms with Gasteiger partial charge in [0.2, 0.25) is 5.91 Å². The molecule has 3 nitrogen and oxygen atoms in total. The van der Waals surface area contributed by atoms with E-state index < -0.39 is 0 Å². The van der Waals surface area contributed by atoms with Crippen LogP contribution in [0.3, 0.4) is 0 Å². The van der Waals surface area contributed by atoms with Gasteiger partial charge >= 0.3 is 0 Å². The van der Waals surface area contributed by atoms with E-state index in [0.717, 1.165) is 31.6 Å². The third-order valence-electron chi connectivity index (χ3n) is 4.89. The van der Waals surface area contributed by atoms with E-state index in [-0.39, 0.29) is 11.8 Å². The molecule has 1 saturated heterocycles. The molecule has 1 N–H and O–H groups in total. The van der Waals surface area contributed by atoms with Gasteiger partial charge < -0.3 is 10.2 Å². The topological polar surface area (TPSA) is 32.3 Å². The number of anilines is 2. The minimum absolute atomic E-state index is 0.206. The molecule has 1 saturated carbocycles. The first-order chi connectivity index (χ1) is 10.2. The van der Waals surface area contributed by atoms with Crippen LogP contribution in [0.25, 0.3) is 0 Å². The predicted octanol–water partition coefficient (Wildman–Crippen LogP) is 4.11. The molecule has 1 heterocycles. The molecule has 0 unspecified atom stereocenters. The average molecular weight is 286 g/mol. The van der Waals surface area contributed by atoms with Crippen LogP contribution in [-0.4, -0.2) is 19.0 Å². The fraction of sp³-hybridized carbons (Fsp3) is 0.611. The number of hydrogen-bond acceptors (Lipinski definition) is 2. The molecule has 0 radical (unpaired) electrons. The van der Waals surface area contributed by atoms with Crippen molar-refractivity contribution in [3.05, 3.63) is 23.8 Å². The van der Waals surface area contributed by atoms with Crippen molar-refractivity contribution in [2.75, 3.05) is 23.3 Å². The Labute approximate surface area is 127 Å². The zero-order chi connectivity index (χ0) is 14.7. The molecule has 21 heavy (non-hydrogen) atoms. The molecule has 0 spiro atoms. The van der Waals surface area contributed by atoms with E-state index in [9.17, 15) is 4.79 Å². The van der Waals surface area contributed by atoms with Gasteiger partial charge in [-0.3, -0.25) is 4.79 Å². The maximum Gasteiger partial charge on any atom is 0.227 e. The molecular formula is C18H26N2O. The van der Waals surface area contributed by atoms with Gasteiger partial charge in [-0.05, 0) is 62.8 Å². The van der Waals surface area contributed by atoms with Gasteiger partial charge in [-0.2, -0.15) is 0 Å². The minimum atomic E-state index is 0.206. The van der Waals surface area contributed by atoms with Gasteiger partial charge in [0.15, 0.2) is 0 Å². The Bertz CT molecular complexity index is 500. The van der Waals surface area contributed by atoms with Crippen LogP contribution >= 0.6 is 0 Å². The summed E-state index contributed by atoms with van der Waals surface area (Å²) in [6.45, 7) is 4.47. The lowest BCUT2D eigenvalue weighted by atomic mass is 10.1. The number of carbonyl (C=O) groups excluding carboxylic acids is 1. The Morgan fingerprint density at radius 3 is 2.48 bits per heavy atom. The summed E-state index contributed by atoms with van der Waals surface area (Å²) in [4.78, 5) is 14.7. The van der Waals surface area contributed by atoms with E-state index in [1.54, 1.807) is 0 Å². The van der Waals surface area contributed by atoms with Crippen molar-refractivity contribution < 1.29 is 4.79 Å². The van der Waals surface area contributed by atoms with E-state index in [1.807, 2.05) is 0 Å². The quantitative estimate of drug-likeness (QED) is 0.906. The van der Waals surface area contributed by atoms with Gasteiger partial charge in [0, 0.05) is 30.4 Å².